The number of benzene rings is 1. The van der Waals surface area contributed by atoms with Crippen molar-refractivity contribution in [1.29, 1.82) is 0 Å². The number of hydrogen-bond acceptors (Lipinski definition) is 4. The second-order valence-electron chi connectivity index (χ2n) is 4.75. The van der Waals surface area contributed by atoms with E-state index in [0.29, 0.717) is 31.9 Å². The Kier molecular flexibility index (Phi) is 4.28. The Morgan fingerprint density at radius 2 is 2.24 bits per heavy atom. The van der Waals surface area contributed by atoms with Crippen LogP contribution in [0.1, 0.15) is 10.4 Å². The second kappa shape index (κ2) is 6.51. The Morgan fingerprint density at radius 1 is 1.33 bits per heavy atom. The van der Waals surface area contributed by atoms with Crippen molar-refractivity contribution in [2.24, 2.45) is 0 Å². The van der Waals surface area contributed by atoms with Crippen LogP contribution >= 0.6 is 0 Å². The molecule has 1 aliphatic heterocycles. The Balaban J connectivity index is 1.70. The van der Waals surface area contributed by atoms with Gasteiger partial charge in [0, 0.05) is 18.9 Å². The highest BCUT2D eigenvalue weighted by molar-refractivity contribution is 5.97. The van der Waals surface area contributed by atoms with Crippen LogP contribution in [-0.2, 0) is 9.47 Å². The first kappa shape index (κ1) is 13.8. The first-order valence-corrected chi connectivity index (χ1v) is 6.91. The molecule has 1 aromatic heterocycles. The molecule has 0 bridgehead atoms. The van der Waals surface area contributed by atoms with Gasteiger partial charge in [0.05, 0.1) is 37.2 Å². The Hall–Kier alpha value is -2.18. The van der Waals surface area contributed by atoms with Crippen LogP contribution in [0.4, 0.5) is 0 Å². The van der Waals surface area contributed by atoms with Gasteiger partial charge in [0.2, 0.25) is 0 Å². The molecule has 6 nitrogen and oxygen atoms in total. The first-order valence-electron chi connectivity index (χ1n) is 6.91. The summed E-state index contributed by atoms with van der Waals surface area (Å²) in [6.07, 6.45) is 3.41. The summed E-state index contributed by atoms with van der Waals surface area (Å²) in [5.74, 6) is -0.143. The highest BCUT2D eigenvalue weighted by Gasteiger charge is 2.17. The number of ether oxygens (including phenoxy) is 2. The Labute approximate surface area is 122 Å². The fourth-order valence-electron chi connectivity index (χ4n) is 2.23. The summed E-state index contributed by atoms with van der Waals surface area (Å²) in [5, 5.41) is 7.06. The number of para-hydroxylation sites is 1. The van der Waals surface area contributed by atoms with Crippen LogP contribution in [0, 0.1) is 0 Å². The van der Waals surface area contributed by atoms with Gasteiger partial charge in [0.15, 0.2) is 0 Å². The van der Waals surface area contributed by atoms with E-state index in [0.717, 1.165) is 5.69 Å². The Morgan fingerprint density at radius 3 is 3.00 bits per heavy atom. The molecule has 1 saturated heterocycles. The summed E-state index contributed by atoms with van der Waals surface area (Å²) in [6.45, 7) is 2.14. The number of aromatic nitrogens is 2. The molecule has 1 atom stereocenters. The average Bonchev–Trinajstić information content (AvgIpc) is 3.08. The van der Waals surface area contributed by atoms with Crippen molar-refractivity contribution in [2.75, 3.05) is 26.4 Å². The largest absolute Gasteiger partial charge is 0.376 e. The minimum absolute atomic E-state index is 0.0837. The van der Waals surface area contributed by atoms with Crippen LogP contribution in [0.5, 0.6) is 0 Å². The van der Waals surface area contributed by atoms with Gasteiger partial charge in [-0.1, -0.05) is 12.1 Å². The van der Waals surface area contributed by atoms with E-state index < -0.39 is 0 Å². The smallest absolute Gasteiger partial charge is 0.253 e. The average molecular weight is 287 g/mol. The number of nitrogens with zero attached hydrogens (tertiary/aromatic N) is 2. The number of carbonyl (C=O) groups excluding carboxylic acids is 1. The SMILES string of the molecule is O=C(NCC1COCCO1)c1ccccc1-n1cccn1. The van der Waals surface area contributed by atoms with Gasteiger partial charge >= 0.3 is 0 Å². The molecule has 0 saturated carbocycles. The topological polar surface area (TPSA) is 65.4 Å². The zero-order valence-electron chi connectivity index (χ0n) is 11.6. The molecule has 3 rings (SSSR count). The van der Waals surface area contributed by atoms with E-state index in [1.165, 1.54) is 0 Å². The number of rotatable bonds is 4. The van der Waals surface area contributed by atoms with Crippen molar-refractivity contribution in [1.82, 2.24) is 15.1 Å². The monoisotopic (exact) mass is 287 g/mol. The third-order valence-electron chi connectivity index (χ3n) is 3.28. The minimum atomic E-state index is -0.143. The molecule has 6 heteroatoms. The maximum Gasteiger partial charge on any atom is 0.253 e. The summed E-state index contributed by atoms with van der Waals surface area (Å²) >= 11 is 0. The molecule has 1 N–H and O–H groups in total. The number of amides is 1. The normalized spacial score (nSPS) is 18.4. The predicted octanol–water partition coefficient (Wildman–Crippen LogP) is 1.02. The summed E-state index contributed by atoms with van der Waals surface area (Å²) in [5.41, 5.74) is 1.33. The molecular formula is C15H17N3O3. The molecule has 1 amide bonds. The van der Waals surface area contributed by atoms with Gasteiger partial charge in [0.1, 0.15) is 0 Å². The molecule has 2 aromatic rings. The van der Waals surface area contributed by atoms with E-state index in [2.05, 4.69) is 10.4 Å². The molecule has 1 unspecified atom stereocenters. The van der Waals surface area contributed by atoms with Gasteiger partial charge in [-0.25, -0.2) is 4.68 Å². The van der Waals surface area contributed by atoms with Crippen LogP contribution in [0.15, 0.2) is 42.7 Å². The maximum absolute atomic E-state index is 12.4. The molecule has 0 spiro atoms. The van der Waals surface area contributed by atoms with Crippen molar-refractivity contribution < 1.29 is 14.3 Å². The van der Waals surface area contributed by atoms with Crippen LogP contribution in [0.2, 0.25) is 0 Å². The number of hydrogen-bond donors (Lipinski definition) is 1. The lowest BCUT2D eigenvalue weighted by atomic mass is 10.1. The van der Waals surface area contributed by atoms with Gasteiger partial charge in [-0.15, -0.1) is 0 Å². The summed E-state index contributed by atoms with van der Waals surface area (Å²) in [4.78, 5) is 12.4. The molecule has 2 heterocycles. The molecule has 1 aliphatic rings. The van der Waals surface area contributed by atoms with Gasteiger partial charge in [0.25, 0.3) is 5.91 Å². The molecule has 0 radical (unpaired) electrons. The van der Waals surface area contributed by atoms with Crippen molar-refractivity contribution in [3.63, 3.8) is 0 Å². The minimum Gasteiger partial charge on any atom is -0.376 e. The van der Waals surface area contributed by atoms with Crippen LogP contribution in [0.3, 0.4) is 0 Å². The van der Waals surface area contributed by atoms with E-state index in [1.807, 2.05) is 30.5 Å². The third-order valence-corrected chi connectivity index (χ3v) is 3.28. The lowest BCUT2D eigenvalue weighted by Gasteiger charge is -2.23. The molecule has 21 heavy (non-hydrogen) atoms. The van der Waals surface area contributed by atoms with Crippen molar-refractivity contribution in [3.05, 3.63) is 48.3 Å². The highest BCUT2D eigenvalue weighted by Crippen LogP contribution is 2.13. The molecule has 0 aliphatic carbocycles. The zero-order valence-corrected chi connectivity index (χ0v) is 11.6. The summed E-state index contributed by atoms with van der Waals surface area (Å²) < 4.78 is 12.5. The van der Waals surface area contributed by atoms with E-state index in [4.69, 9.17) is 9.47 Å². The predicted molar refractivity (Wildman–Crippen MR) is 76.5 cm³/mol. The van der Waals surface area contributed by atoms with Crippen LogP contribution in [0.25, 0.3) is 5.69 Å². The quantitative estimate of drug-likeness (QED) is 0.911. The van der Waals surface area contributed by atoms with Crippen LogP contribution in [-0.4, -0.2) is 48.2 Å². The standard InChI is InChI=1S/C15H17N3O3/c19-15(16-10-12-11-20-8-9-21-12)13-4-1-2-5-14(13)18-7-3-6-17-18/h1-7,12H,8-11H2,(H,16,19). The highest BCUT2D eigenvalue weighted by atomic mass is 16.6. The van der Waals surface area contributed by atoms with Gasteiger partial charge in [-0.3, -0.25) is 4.79 Å². The van der Waals surface area contributed by atoms with Crippen LogP contribution < -0.4 is 5.32 Å². The van der Waals surface area contributed by atoms with Crippen molar-refractivity contribution >= 4 is 5.91 Å². The lowest BCUT2D eigenvalue weighted by Crippen LogP contribution is -2.39. The molecule has 1 aromatic carbocycles. The summed E-state index contributed by atoms with van der Waals surface area (Å²) in [7, 11) is 0. The van der Waals surface area contributed by atoms with Gasteiger partial charge < -0.3 is 14.8 Å². The summed E-state index contributed by atoms with van der Waals surface area (Å²) in [6, 6.07) is 9.18. The number of nitrogens with one attached hydrogen (secondary N) is 1. The lowest BCUT2D eigenvalue weighted by molar-refractivity contribution is -0.0855. The molecule has 110 valence electrons. The molecular weight excluding hydrogens is 270 g/mol. The van der Waals surface area contributed by atoms with E-state index in [-0.39, 0.29) is 12.0 Å². The molecule has 1 fully saturated rings. The van der Waals surface area contributed by atoms with Gasteiger partial charge in [-0.05, 0) is 18.2 Å². The Bertz CT molecular complexity index is 592. The second-order valence-corrected chi connectivity index (χ2v) is 4.75. The fourth-order valence-corrected chi connectivity index (χ4v) is 2.23. The van der Waals surface area contributed by atoms with E-state index in [1.54, 1.807) is 16.9 Å². The van der Waals surface area contributed by atoms with E-state index in [9.17, 15) is 4.79 Å². The van der Waals surface area contributed by atoms with Crippen molar-refractivity contribution in [3.8, 4) is 5.69 Å². The maximum atomic E-state index is 12.4. The number of carbonyl (C=O) groups is 1. The van der Waals surface area contributed by atoms with E-state index >= 15 is 0 Å². The zero-order chi connectivity index (χ0) is 14.5. The fraction of sp³-hybridized carbons (Fsp3) is 0.333. The first-order chi connectivity index (χ1) is 10.3. The van der Waals surface area contributed by atoms with Gasteiger partial charge in [-0.2, -0.15) is 5.10 Å². The third kappa shape index (κ3) is 3.29. The van der Waals surface area contributed by atoms with Crippen molar-refractivity contribution in [2.45, 2.75) is 6.10 Å².